The van der Waals surface area contributed by atoms with Gasteiger partial charge in [-0.1, -0.05) is 13.8 Å². The largest absolute Gasteiger partial charge is 0.313 e. The van der Waals surface area contributed by atoms with Crippen LogP contribution in [0, 0.1) is 0 Å². The molecule has 1 aliphatic rings. The molecule has 1 unspecified atom stereocenters. The fourth-order valence-corrected chi connectivity index (χ4v) is 3.10. The van der Waals surface area contributed by atoms with Gasteiger partial charge < -0.3 is 5.32 Å². The van der Waals surface area contributed by atoms with Crippen LogP contribution in [-0.2, 0) is 10.0 Å². The molecule has 1 atom stereocenters. The van der Waals surface area contributed by atoms with Gasteiger partial charge >= 0.3 is 0 Å². The zero-order valence-corrected chi connectivity index (χ0v) is 10.7. The number of hydrogen-bond donors (Lipinski definition) is 1. The Labute approximate surface area is 93.1 Å². The topological polar surface area (TPSA) is 49.4 Å². The van der Waals surface area contributed by atoms with Gasteiger partial charge in [0.05, 0.1) is 5.25 Å². The van der Waals surface area contributed by atoms with Gasteiger partial charge in [0.1, 0.15) is 0 Å². The van der Waals surface area contributed by atoms with E-state index in [4.69, 9.17) is 0 Å². The summed E-state index contributed by atoms with van der Waals surface area (Å²) in [7, 11) is -3.10. The second-order valence-electron chi connectivity index (χ2n) is 4.12. The van der Waals surface area contributed by atoms with Gasteiger partial charge in [-0.05, 0) is 19.8 Å². The Balaban J connectivity index is 2.49. The molecule has 0 aromatic carbocycles. The van der Waals surface area contributed by atoms with Gasteiger partial charge in [0, 0.05) is 25.7 Å². The van der Waals surface area contributed by atoms with Crippen LogP contribution in [0.5, 0.6) is 0 Å². The maximum Gasteiger partial charge on any atom is 0.217 e. The van der Waals surface area contributed by atoms with Crippen LogP contribution in [0.15, 0.2) is 0 Å². The summed E-state index contributed by atoms with van der Waals surface area (Å²) >= 11 is 0. The summed E-state index contributed by atoms with van der Waals surface area (Å²) in [6.45, 7) is 7.23. The van der Waals surface area contributed by atoms with E-state index in [0.717, 1.165) is 0 Å². The van der Waals surface area contributed by atoms with E-state index in [9.17, 15) is 8.42 Å². The molecule has 0 spiro atoms. The predicted octanol–water partition coefficient (Wildman–Crippen LogP) is 0.798. The molecule has 0 aliphatic heterocycles. The monoisotopic (exact) mass is 234 g/mol. The van der Waals surface area contributed by atoms with Gasteiger partial charge in [-0.25, -0.2) is 12.7 Å². The molecule has 90 valence electrons. The van der Waals surface area contributed by atoms with Crippen molar-refractivity contribution in [1.29, 1.82) is 0 Å². The maximum atomic E-state index is 12.0. The van der Waals surface area contributed by atoms with Crippen LogP contribution in [0.1, 0.15) is 33.6 Å². The van der Waals surface area contributed by atoms with Crippen molar-refractivity contribution in [2.45, 2.75) is 44.9 Å². The molecule has 1 rings (SSSR count). The van der Waals surface area contributed by atoms with Crippen molar-refractivity contribution in [2.75, 3.05) is 19.6 Å². The second-order valence-corrected chi connectivity index (χ2v) is 6.47. The lowest BCUT2D eigenvalue weighted by Crippen LogP contribution is -2.42. The average Bonchev–Trinajstić information content (AvgIpc) is 2.99. The quantitative estimate of drug-likeness (QED) is 0.709. The van der Waals surface area contributed by atoms with Crippen molar-refractivity contribution in [1.82, 2.24) is 9.62 Å². The smallest absolute Gasteiger partial charge is 0.217 e. The minimum absolute atomic E-state index is 0.321. The number of rotatable bonds is 7. The molecule has 0 saturated heterocycles. The fourth-order valence-electron chi connectivity index (χ4n) is 1.56. The summed E-state index contributed by atoms with van der Waals surface area (Å²) in [5.41, 5.74) is 0. The highest BCUT2D eigenvalue weighted by Crippen LogP contribution is 2.19. The number of nitrogens with zero attached hydrogens (tertiary/aromatic N) is 1. The summed E-state index contributed by atoms with van der Waals surface area (Å²) < 4.78 is 25.6. The van der Waals surface area contributed by atoms with E-state index < -0.39 is 10.0 Å². The molecule has 1 fully saturated rings. The van der Waals surface area contributed by atoms with Crippen LogP contribution >= 0.6 is 0 Å². The molecule has 5 heteroatoms. The molecule has 1 saturated carbocycles. The zero-order valence-electron chi connectivity index (χ0n) is 9.86. The standard InChI is InChI=1S/C10H22N2O2S/c1-4-12(5-2)15(13,14)9(3)8-11-10-6-7-10/h9-11H,4-8H2,1-3H3. The summed E-state index contributed by atoms with van der Waals surface area (Å²) in [6, 6.07) is 0.569. The highest BCUT2D eigenvalue weighted by atomic mass is 32.2. The Morgan fingerprint density at radius 3 is 2.27 bits per heavy atom. The Kier molecular flexibility index (Phi) is 4.55. The molecule has 4 nitrogen and oxygen atoms in total. The van der Waals surface area contributed by atoms with Crippen molar-refractivity contribution in [3.05, 3.63) is 0 Å². The summed E-state index contributed by atoms with van der Waals surface area (Å²) in [5, 5.41) is 2.94. The van der Waals surface area contributed by atoms with Gasteiger partial charge in [0.15, 0.2) is 0 Å². The van der Waals surface area contributed by atoms with E-state index in [1.54, 1.807) is 6.92 Å². The molecule has 1 N–H and O–H groups in total. The lowest BCUT2D eigenvalue weighted by molar-refractivity contribution is 0.434. The minimum Gasteiger partial charge on any atom is -0.313 e. The van der Waals surface area contributed by atoms with E-state index in [1.165, 1.54) is 17.1 Å². The van der Waals surface area contributed by atoms with Crippen LogP contribution in [-0.4, -0.2) is 43.6 Å². The third-order valence-electron chi connectivity index (χ3n) is 2.85. The van der Waals surface area contributed by atoms with Gasteiger partial charge in [0.2, 0.25) is 10.0 Å². The van der Waals surface area contributed by atoms with Crippen LogP contribution < -0.4 is 5.32 Å². The zero-order chi connectivity index (χ0) is 11.5. The summed E-state index contributed by atoms with van der Waals surface area (Å²) in [5.74, 6) is 0. The van der Waals surface area contributed by atoms with E-state index in [2.05, 4.69) is 5.32 Å². The van der Waals surface area contributed by atoms with Crippen LogP contribution in [0.3, 0.4) is 0 Å². The van der Waals surface area contributed by atoms with Gasteiger partial charge in [-0.3, -0.25) is 0 Å². The van der Waals surface area contributed by atoms with E-state index in [1.807, 2.05) is 13.8 Å². The molecule has 0 amide bonds. The van der Waals surface area contributed by atoms with E-state index >= 15 is 0 Å². The molecule has 0 bridgehead atoms. The second kappa shape index (κ2) is 5.27. The Morgan fingerprint density at radius 2 is 1.87 bits per heavy atom. The first-order valence-electron chi connectivity index (χ1n) is 5.74. The third-order valence-corrected chi connectivity index (χ3v) is 5.26. The van der Waals surface area contributed by atoms with Crippen molar-refractivity contribution < 1.29 is 8.42 Å². The Bertz CT molecular complexity index is 282. The van der Waals surface area contributed by atoms with Gasteiger partial charge in [-0.2, -0.15) is 0 Å². The van der Waals surface area contributed by atoms with Gasteiger partial charge in [0.25, 0.3) is 0 Å². The minimum atomic E-state index is -3.10. The molecule has 0 radical (unpaired) electrons. The predicted molar refractivity (Wildman–Crippen MR) is 62.3 cm³/mol. The Morgan fingerprint density at radius 1 is 1.33 bits per heavy atom. The molecular formula is C10H22N2O2S. The van der Waals surface area contributed by atoms with Gasteiger partial charge in [-0.15, -0.1) is 0 Å². The molecule has 0 heterocycles. The average molecular weight is 234 g/mol. The van der Waals surface area contributed by atoms with Crippen LogP contribution in [0.25, 0.3) is 0 Å². The Hall–Kier alpha value is -0.130. The lowest BCUT2D eigenvalue weighted by atomic mass is 10.4. The van der Waals surface area contributed by atoms with E-state index in [0.29, 0.717) is 25.7 Å². The highest BCUT2D eigenvalue weighted by Gasteiger charge is 2.28. The first kappa shape index (κ1) is 12.9. The maximum absolute atomic E-state index is 12.0. The van der Waals surface area contributed by atoms with Crippen molar-refractivity contribution >= 4 is 10.0 Å². The molecule has 1 aliphatic carbocycles. The highest BCUT2D eigenvalue weighted by molar-refractivity contribution is 7.89. The molecule has 15 heavy (non-hydrogen) atoms. The molecule has 0 aromatic heterocycles. The summed E-state index contributed by atoms with van der Waals surface area (Å²) in [6.07, 6.45) is 2.38. The van der Waals surface area contributed by atoms with E-state index in [-0.39, 0.29) is 5.25 Å². The number of sulfonamides is 1. The van der Waals surface area contributed by atoms with Crippen LogP contribution in [0.4, 0.5) is 0 Å². The lowest BCUT2D eigenvalue weighted by Gasteiger charge is -2.23. The first-order chi connectivity index (χ1) is 7.02. The summed E-state index contributed by atoms with van der Waals surface area (Å²) in [4.78, 5) is 0. The SMILES string of the molecule is CCN(CC)S(=O)(=O)C(C)CNC1CC1. The fraction of sp³-hybridized carbons (Fsp3) is 1.00. The van der Waals surface area contributed by atoms with Crippen molar-refractivity contribution in [3.63, 3.8) is 0 Å². The van der Waals surface area contributed by atoms with Crippen molar-refractivity contribution in [3.8, 4) is 0 Å². The van der Waals surface area contributed by atoms with Crippen molar-refractivity contribution in [2.24, 2.45) is 0 Å². The first-order valence-corrected chi connectivity index (χ1v) is 7.25. The third kappa shape index (κ3) is 3.43. The number of hydrogen-bond acceptors (Lipinski definition) is 3. The molecular weight excluding hydrogens is 212 g/mol. The normalized spacial score (nSPS) is 19.5. The number of nitrogens with one attached hydrogen (secondary N) is 1. The molecule has 0 aromatic rings. The van der Waals surface area contributed by atoms with Crippen LogP contribution in [0.2, 0.25) is 0 Å².